The zero-order valence-electron chi connectivity index (χ0n) is 18.8. The minimum absolute atomic E-state index is 0.00615. The van der Waals surface area contributed by atoms with Crippen molar-refractivity contribution >= 4 is 28.4 Å². The second-order valence-electron chi connectivity index (χ2n) is 7.62. The normalized spacial score (nSPS) is 11.0. The molecule has 34 heavy (non-hydrogen) atoms. The topological polar surface area (TPSA) is 71.3 Å². The van der Waals surface area contributed by atoms with Crippen LogP contribution in [0.2, 0.25) is 0 Å². The van der Waals surface area contributed by atoms with Crippen LogP contribution in [0.3, 0.4) is 0 Å². The molecule has 5 heteroatoms. The highest BCUT2D eigenvalue weighted by Gasteiger charge is 2.10. The summed E-state index contributed by atoms with van der Waals surface area (Å²) in [5.41, 5.74) is 2.38. The van der Waals surface area contributed by atoms with Gasteiger partial charge in [-0.1, -0.05) is 54.6 Å². The molecule has 0 saturated heterocycles. The number of amides is 1. The number of carbonyl (C=O) groups is 1. The fraction of sp³-hybridized carbons (Fsp3) is 0.103. The van der Waals surface area contributed by atoms with E-state index in [0.29, 0.717) is 30.4 Å². The molecule has 1 amide bonds. The van der Waals surface area contributed by atoms with Gasteiger partial charge < -0.3 is 14.8 Å². The van der Waals surface area contributed by atoms with Gasteiger partial charge in [-0.25, -0.2) is 0 Å². The highest BCUT2D eigenvalue weighted by atomic mass is 16.5. The summed E-state index contributed by atoms with van der Waals surface area (Å²) in [7, 11) is 0. The van der Waals surface area contributed by atoms with E-state index in [2.05, 4.69) is 35.6 Å². The summed E-state index contributed by atoms with van der Waals surface area (Å²) in [5, 5.41) is 14.6. The largest absolute Gasteiger partial charge is 0.494 e. The quantitative estimate of drug-likeness (QED) is 0.251. The SMILES string of the molecule is CCOc1cccc(NC(=O)/C(C#N)=C\c2ccc(OCc3ccc4ccccc4c3)cc2)c1. The molecule has 168 valence electrons. The molecule has 0 heterocycles. The third-order valence-electron chi connectivity index (χ3n) is 5.18. The summed E-state index contributed by atoms with van der Waals surface area (Å²) < 4.78 is 11.4. The summed E-state index contributed by atoms with van der Waals surface area (Å²) in [4.78, 5) is 12.6. The highest BCUT2D eigenvalue weighted by Crippen LogP contribution is 2.21. The number of hydrogen-bond donors (Lipinski definition) is 1. The summed E-state index contributed by atoms with van der Waals surface area (Å²) in [6.45, 7) is 2.87. The van der Waals surface area contributed by atoms with Gasteiger partial charge in [0.05, 0.1) is 6.61 Å². The molecule has 0 unspecified atom stereocenters. The van der Waals surface area contributed by atoms with Gasteiger partial charge in [0.25, 0.3) is 5.91 Å². The van der Waals surface area contributed by atoms with Crippen LogP contribution in [0.15, 0.2) is 96.6 Å². The Morgan fingerprint density at radius 3 is 2.44 bits per heavy atom. The minimum atomic E-state index is -0.479. The number of hydrogen-bond acceptors (Lipinski definition) is 4. The van der Waals surface area contributed by atoms with E-state index in [4.69, 9.17) is 9.47 Å². The van der Waals surface area contributed by atoms with Crippen LogP contribution in [-0.4, -0.2) is 12.5 Å². The van der Waals surface area contributed by atoms with Crippen molar-refractivity contribution in [3.8, 4) is 17.6 Å². The Kier molecular flexibility index (Phi) is 7.22. The number of rotatable bonds is 8. The highest BCUT2D eigenvalue weighted by molar-refractivity contribution is 6.09. The van der Waals surface area contributed by atoms with Crippen LogP contribution in [0, 0.1) is 11.3 Å². The van der Waals surface area contributed by atoms with Crippen molar-refractivity contribution in [2.75, 3.05) is 11.9 Å². The Bertz CT molecular complexity index is 1370. The van der Waals surface area contributed by atoms with Crippen molar-refractivity contribution < 1.29 is 14.3 Å². The predicted molar refractivity (Wildman–Crippen MR) is 135 cm³/mol. The van der Waals surface area contributed by atoms with E-state index >= 15 is 0 Å². The van der Waals surface area contributed by atoms with Crippen LogP contribution in [-0.2, 0) is 11.4 Å². The zero-order valence-corrected chi connectivity index (χ0v) is 18.8. The van der Waals surface area contributed by atoms with Crippen molar-refractivity contribution in [1.29, 1.82) is 5.26 Å². The second-order valence-corrected chi connectivity index (χ2v) is 7.62. The molecule has 4 rings (SSSR count). The molecule has 0 fully saturated rings. The molecule has 0 aromatic heterocycles. The zero-order chi connectivity index (χ0) is 23.8. The van der Waals surface area contributed by atoms with Gasteiger partial charge in [0.15, 0.2) is 0 Å². The maximum absolute atomic E-state index is 12.6. The Morgan fingerprint density at radius 2 is 1.68 bits per heavy atom. The first-order valence-corrected chi connectivity index (χ1v) is 11.0. The van der Waals surface area contributed by atoms with E-state index in [1.54, 1.807) is 24.3 Å². The van der Waals surface area contributed by atoms with Gasteiger partial charge in [-0.15, -0.1) is 0 Å². The lowest BCUT2D eigenvalue weighted by molar-refractivity contribution is -0.112. The Balaban J connectivity index is 1.39. The van der Waals surface area contributed by atoms with Gasteiger partial charge in [-0.05, 0) is 65.2 Å². The van der Waals surface area contributed by atoms with Crippen molar-refractivity contribution in [3.63, 3.8) is 0 Å². The third-order valence-corrected chi connectivity index (χ3v) is 5.18. The Morgan fingerprint density at radius 1 is 0.882 bits per heavy atom. The smallest absolute Gasteiger partial charge is 0.266 e. The van der Waals surface area contributed by atoms with E-state index in [1.807, 2.05) is 55.5 Å². The number of fused-ring (bicyclic) bond motifs is 1. The Labute approximate surface area is 198 Å². The standard InChI is InChI=1S/C29H24N2O3/c1-2-33-28-9-5-8-26(18-28)31-29(32)25(19-30)16-21-11-14-27(15-12-21)34-20-22-10-13-23-6-3-4-7-24(23)17-22/h3-18H,2,20H2,1H3,(H,31,32)/b25-16-. The number of benzene rings is 4. The Hall–Kier alpha value is -4.56. The molecule has 0 saturated carbocycles. The summed E-state index contributed by atoms with van der Waals surface area (Å²) >= 11 is 0. The van der Waals surface area contributed by atoms with Gasteiger partial charge in [0.1, 0.15) is 29.7 Å². The van der Waals surface area contributed by atoms with E-state index in [0.717, 1.165) is 11.1 Å². The van der Waals surface area contributed by atoms with Gasteiger partial charge in [-0.3, -0.25) is 4.79 Å². The molecule has 5 nitrogen and oxygen atoms in total. The average molecular weight is 449 g/mol. The first-order chi connectivity index (χ1) is 16.6. The van der Waals surface area contributed by atoms with Crippen LogP contribution in [0.1, 0.15) is 18.1 Å². The van der Waals surface area contributed by atoms with Crippen molar-refractivity contribution in [2.24, 2.45) is 0 Å². The van der Waals surface area contributed by atoms with Crippen LogP contribution < -0.4 is 14.8 Å². The van der Waals surface area contributed by atoms with Gasteiger partial charge in [0, 0.05) is 11.8 Å². The fourth-order valence-electron chi connectivity index (χ4n) is 3.50. The molecular formula is C29H24N2O3. The fourth-order valence-corrected chi connectivity index (χ4v) is 3.50. The van der Waals surface area contributed by atoms with E-state index in [1.165, 1.54) is 10.8 Å². The molecule has 4 aromatic rings. The van der Waals surface area contributed by atoms with Gasteiger partial charge in [-0.2, -0.15) is 5.26 Å². The molecule has 1 N–H and O–H groups in total. The number of ether oxygens (including phenoxy) is 2. The van der Waals surface area contributed by atoms with Gasteiger partial charge in [0.2, 0.25) is 0 Å². The van der Waals surface area contributed by atoms with Crippen molar-refractivity contribution in [1.82, 2.24) is 0 Å². The molecule has 0 aliphatic heterocycles. The number of nitriles is 1. The summed E-state index contributed by atoms with van der Waals surface area (Å²) in [6.07, 6.45) is 1.55. The summed E-state index contributed by atoms with van der Waals surface area (Å²) in [6, 6.07) is 30.8. The molecule has 0 atom stereocenters. The van der Waals surface area contributed by atoms with Gasteiger partial charge >= 0.3 is 0 Å². The molecular weight excluding hydrogens is 424 g/mol. The first-order valence-electron chi connectivity index (χ1n) is 11.0. The van der Waals surface area contributed by atoms with Crippen molar-refractivity contribution in [3.05, 3.63) is 108 Å². The monoisotopic (exact) mass is 448 g/mol. The maximum Gasteiger partial charge on any atom is 0.266 e. The predicted octanol–water partition coefficient (Wildman–Crippen LogP) is 6.36. The maximum atomic E-state index is 12.6. The number of nitrogens with zero attached hydrogens (tertiary/aromatic N) is 1. The lowest BCUT2D eigenvalue weighted by Gasteiger charge is -2.08. The van der Waals surface area contributed by atoms with Crippen LogP contribution in [0.4, 0.5) is 5.69 Å². The number of anilines is 1. The van der Waals surface area contributed by atoms with Crippen LogP contribution in [0.5, 0.6) is 11.5 Å². The van der Waals surface area contributed by atoms with E-state index < -0.39 is 5.91 Å². The average Bonchev–Trinajstić information content (AvgIpc) is 2.87. The number of carbonyl (C=O) groups excluding carboxylic acids is 1. The van der Waals surface area contributed by atoms with E-state index in [-0.39, 0.29) is 5.57 Å². The first kappa shape index (κ1) is 22.6. The minimum Gasteiger partial charge on any atom is -0.494 e. The number of nitrogens with one attached hydrogen (secondary N) is 1. The second kappa shape index (κ2) is 10.8. The van der Waals surface area contributed by atoms with Crippen LogP contribution in [0.25, 0.3) is 16.8 Å². The lowest BCUT2D eigenvalue weighted by atomic mass is 10.1. The molecule has 0 aliphatic rings. The van der Waals surface area contributed by atoms with Crippen molar-refractivity contribution in [2.45, 2.75) is 13.5 Å². The van der Waals surface area contributed by atoms with Crippen LogP contribution >= 0.6 is 0 Å². The molecule has 0 radical (unpaired) electrons. The van der Waals surface area contributed by atoms with E-state index in [9.17, 15) is 10.1 Å². The summed E-state index contributed by atoms with van der Waals surface area (Å²) in [5.74, 6) is 0.885. The third kappa shape index (κ3) is 5.81. The molecule has 4 aromatic carbocycles. The molecule has 0 bridgehead atoms. The molecule has 0 spiro atoms. The molecule has 0 aliphatic carbocycles. The lowest BCUT2D eigenvalue weighted by Crippen LogP contribution is -2.13.